The lowest BCUT2D eigenvalue weighted by molar-refractivity contribution is 1.38. The van der Waals surface area contributed by atoms with Crippen LogP contribution in [0.2, 0.25) is 5.02 Å². The van der Waals surface area contributed by atoms with E-state index >= 15 is 0 Å². The van der Waals surface area contributed by atoms with Crippen LogP contribution in [0.15, 0.2) is 30.3 Å². The molecule has 0 saturated heterocycles. The van der Waals surface area contributed by atoms with Gasteiger partial charge in [-0.15, -0.1) is 11.3 Å². The van der Waals surface area contributed by atoms with Crippen LogP contribution in [0.5, 0.6) is 0 Å². The number of anilines is 1. The summed E-state index contributed by atoms with van der Waals surface area (Å²) in [5, 5.41) is 1.55. The van der Waals surface area contributed by atoms with Crippen molar-refractivity contribution in [2.45, 2.75) is 13.8 Å². The van der Waals surface area contributed by atoms with Crippen LogP contribution in [0.3, 0.4) is 0 Å². The van der Waals surface area contributed by atoms with Gasteiger partial charge in [0.25, 0.3) is 0 Å². The molecule has 0 aliphatic heterocycles. The van der Waals surface area contributed by atoms with E-state index < -0.39 is 0 Å². The molecule has 0 bridgehead atoms. The summed E-state index contributed by atoms with van der Waals surface area (Å²) in [4.78, 5) is 4.71. The van der Waals surface area contributed by atoms with E-state index in [1.165, 1.54) is 15.8 Å². The smallest absolute Gasteiger partial charge is 0.124 e. The van der Waals surface area contributed by atoms with E-state index in [0.717, 1.165) is 16.1 Å². The molecule has 3 aromatic rings. The van der Waals surface area contributed by atoms with Crippen molar-refractivity contribution >= 4 is 38.8 Å². The summed E-state index contributed by atoms with van der Waals surface area (Å²) in [5.41, 5.74) is 10.9. The standard InChI is InChI=1S/C15H13ClN2S/c1-8-5-9(2)14-13(6-8)19-15(18-14)10-3-4-12(17)11(16)7-10/h3-7H,17H2,1-2H3. The average molecular weight is 289 g/mol. The van der Waals surface area contributed by atoms with Crippen molar-refractivity contribution in [3.05, 3.63) is 46.5 Å². The fraction of sp³-hybridized carbons (Fsp3) is 0.133. The van der Waals surface area contributed by atoms with E-state index in [9.17, 15) is 0 Å². The van der Waals surface area contributed by atoms with Crippen LogP contribution in [-0.2, 0) is 0 Å². The Balaban J connectivity index is 2.20. The molecule has 0 unspecified atom stereocenters. The third-order valence-corrected chi connectivity index (χ3v) is 4.46. The molecular weight excluding hydrogens is 276 g/mol. The van der Waals surface area contributed by atoms with Crippen molar-refractivity contribution in [3.8, 4) is 10.6 Å². The van der Waals surface area contributed by atoms with Gasteiger partial charge in [0.05, 0.1) is 20.9 Å². The third-order valence-electron chi connectivity index (χ3n) is 3.08. The SMILES string of the molecule is Cc1cc(C)c2nc(-c3ccc(N)c(Cl)c3)sc2c1. The summed E-state index contributed by atoms with van der Waals surface area (Å²) < 4.78 is 1.21. The summed E-state index contributed by atoms with van der Waals surface area (Å²) >= 11 is 7.75. The number of aryl methyl sites for hydroxylation is 2. The monoisotopic (exact) mass is 288 g/mol. The number of rotatable bonds is 1. The number of aromatic nitrogens is 1. The second-order valence-electron chi connectivity index (χ2n) is 4.68. The van der Waals surface area contributed by atoms with E-state index in [0.29, 0.717) is 10.7 Å². The minimum absolute atomic E-state index is 0.574. The fourth-order valence-corrected chi connectivity index (χ4v) is 3.47. The lowest BCUT2D eigenvalue weighted by Crippen LogP contribution is -1.86. The topological polar surface area (TPSA) is 38.9 Å². The van der Waals surface area contributed by atoms with Crippen LogP contribution in [0.25, 0.3) is 20.8 Å². The van der Waals surface area contributed by atoms with Crippen LogP contribution in [-0.4, -0.2) is 4.98 Å². The molecule has 19 heavy (non-hydrogen) atoms. The number of benzene rings is 2. The third kappa shape index (κ3) is 2.20. The second-order valence-corrected chi connectivity index (χ2v) is 6.12. The molecule has 4 heteroatoms. The van der Waals surface area contributed by atoms with Crippen molar-refractivity contribution in [2.75, 3.05) is 5.73 Å². The lowest BCUT2D eigenvalue weighted by Gasteiger charge is -2.00. The molecule has 2 N–H and O–H groups in total. The molecule has 0 amide bonds. The van der Waals surface area contributed by atoms with E-state index in [1.54, 1.807) is 11.3 Å². The summed E-state index contributed by atoms with van der Waals surface area (Å²) in [6.07, 6.45) is 0. The molecule has 1 heterocycles. The molecule has 0 atom stereocenters. The summed E-state index contributed by atoms with van der Waals surface area (Å²) in [5.74, 6) is 0. The van der Waals surface area contributed by atoms with Crippen LogP contribution >= 0.6 is 22.9 Å². The number of hydrogen-bond donors (Lipinski definition) is 1. The fourth-order valence-electron chi connectivity index (χ4n) is 2.15. The van der Waals surface area contributed by atoms with Gasteiger partial charge < -0.3 is 5.73 Å². The normalized spacial score (nSPS) is 11.1. The van der Waals surface area contributed by atoms with Gasteiger partial charge in [-0.3, -0.25) is 0 Å². The first-order valence-electron chi connectivity index (χ1n) is 5.98. The number of hydrogen-bond acceptors (Lipinski definition) is 3. The molecule has 0 aliphatic carbocycles. The van der Waals surface area contributed by atoms with Gasteiger partial charge in [-0.2, -0.15) is 0 Å². The molecule has 0 aliphatic rings. The van der Waals surface area contributed by atoms with Crippen molar-refractivity contribution in [2.24, 2.45) is 0 Å². The van der Waals surface area contributed by atoms with E-state index in [4.69, 9.17) is 22.3 Å². The Labute approximate surface area is 120 Å². The molecule has 2 aromatic carbocycles. The van der Waals surface area contributed by atoms with Gasteiger partial charge in [-0.05, 0) is 49.2 Å². The van der Waals surface area contributed by atoms with Crippen molar-refractivity contribution in [1.29, 1.82) is 0 Å². The van der Waals surface area contributed by atoms with Crippen molar-refractivity contribution in [3.63, 3.8) is 0 Å². The molecule has 1 aromatic heterocycles. The molecule has 3 rings (SSSR count). The molecule has 96 valence electrons. The largest absolute Gasteiger partial charge is 0.398 e. The van der Waals surface area contributed by atoms with E-state index in [-0.39, 0.29) is 0 Å². The van der Waals surface area contributed by atoms with Gasteiger partial charge in [0.2, 0.25) is 0 Å². The Morgan fingerprint density at radius 1 is 1.16 bits per heavy atom. The quantitative estimate of drug-likeness (QED) is 0.652. The zero-order valence-corrected chi connectivity index (χ0v) is 12.3. The van der Waals surface area contributed by atoms with Crippen molar-refractivity contribution < 1.29 is 0 Å². The maximum absolute atomic E-state index is 6.07. The van der Waals surface area contributed by atoms with Crippen LogP contribution in [0, 0.1) is 13.8 Å². The van der Waals surface area contributed by atoms with Gasteiger partial charge in [0.1, 0.15) is 5.01 Å². The summed E-state index contributed by atoms with van der Waals surface area (Å²) in [6.45, 7) is 4.20. The molecular formula is C15H13ClN2S. The van der Waals surface area contributed by atoms with Crippen LogP contribution in [0.4, 0.5) is 5.69 Å². The molecule has 2 nitrogen and oxygen atoms in total. The molecule has 0 spiro atoms. The number of halogens is 1. The lowest BCUT2D eigenvalue weighted by atomic mass is 10.1. The van der Waals surface area contributed by atoms with Gasteiger partial charge >= 0.3 is 0 Å². The minimum atomic E-state index is 0.574. The first kappa shape index (κ1) is 12.5. The highest BCUT2D eigenvalue weighted by Gasteiger charge is 2.10. The Morgan fingerprint density at radius 3 is 2.68 bits per heavy atom. The van der Waals surface area contributed by atoms with Gasteiger partial charge in [0.15, 0.2) is 0 Å². The highest BCUT2D eigenvalue weighted by Crippen LogP contribution is 2.34. The highest BCUT2D eigenvalue weighted by atomic mass is 35.5. The van der Waals surface area contributed by atoms with Gasteiger partial charge in [0, 0.05) is 5.56 Å². The van der Waals surface area contributed by atoms with Gasteiger partial charge in [-0.25, -0.2) is 4.98 Å². The zero-order valence-electron chi connectivity index (χ0n) is 10.7. The summed E-state index contributed by atoms with van der Waals surface area (Å²) in [6, 6.07) is 9.98. The number of nitrogens with two attached hydrogens (primary N) is 1. The Kier molecular flexibility index (Phi) is 2.96. The predicted octanol–water partition coefficient (Wildman–Crippen LogP) is 4.82. The average Bonchev–Trinajstić information content (AvgIpc) is 2.76. The van der Waals surface area contributed by atoms with Crippen LogP contribution < -0.4 is 5.73 Å². The number of nitrogen functional groups attached to an aromatic ring is 1. The highest BCUT2D eigenvalue weighted by molar-refractivity contribution is 7.21. The molecule has 0 fully saturated rings. The Morgan fingerprint density at radius 2 is 1.95 bits per heavy atom. The van der Waals surface area contributed by atoms with E-state index in [1.807, 2.05) is 18.2 Å². The molecule has 0 saturated carbocycles. The van der Waals surface area contributed by atoms with Gasteiger partial charge in [-0.1, -0.05) is 17.7 Å². The molecule has 0 radical (unpaired) electrons. The maximum atomic E-state index is 6.07. The number of fused-ring (bicyclic) bond motifs is 1. The number of thiazole rings is 1. The van der Waals surface area contributed by atoms with Crippen LogP contribution in [0.1, 0.15) is 11.1 Å². The first-order chi connectivity index (χ1) is 9.04. The first-order valence-corrected chi connectivity index (χ1v) is 7.17. The summed E-state index contributed by atoms with van der Waals surface area (Å²) in [7, 11) is 0. The maximum Gasteiger partial charge on any atom is 0.124 e. The second kappa shape index (κ2) is 4.51. The Bertz CT molecular complexity index is 777. The van der Waals surface area contributed by atoms with Crippen molar-refractivity contribution in [1.82, 2.24) is 4.98 Å². The number of nitrogens with zero attached hydrogens (tertiary/aromatic N) is 1. The predicted molar refractivity (Wildman–Crippen MR) is 84.0 cm³/mol. The van der Waals surface area contributed by atoms with E-state index in [2.05, 4.69) is 26.0 Å². The minimum Gasteiger partial charge on any atom is -0.398 e. The zero-order chi connectivity index (χ0) is 13.6. The Hall–Kier alpha value is -1.58.